The molecule has 0 saturated carbocycles. The lowest BCUT2D eigenvalue weighted by atomic mass is 10.0. The minimum Gasteiger partial charge on any atom is -0.488 e. The molecule has 3 aromatic rings. The van der Waals surface area contributed by atoms with Crippen molar-refractivity contribution in [3.8, 4) is 16.9 Å². The zero-order chi connectivity index (χ0) is 20.9. The number of aryl methyl sites for hydroxylation is 1. The first-order chi connectivity index (χ1) is 13.8. The molecule has 152 valence electrons. The van der Waals surface area contributed by atoms with Crippen molar-refractivity contribution in [1.29, 1.82) is 0 Å². The summed E-state index contributed by atoms with van der Waals surface area (Å²) in [5, 5.41) is 10.3. The molecule has 2 aromatic carbocycles. The van der Waals surface area contributed by atoms with Crippen molar-refractivity contribution in [3.05, 3.63) is 78.6 Å². The second-order valence-electron chi connectivity index (χ2n) is 6.81. The Hall–Kier alpha value is -2.74. The molecule has 0 aliphatic rings. The van der Waals surface area contributed by atoms with Gasteiger partial charge in [0.05, 0.1) is 11.0 Å². The van der Waals surface area contributed by atoms with Crippen molar-refractivity contribution >= 4 is 10.1 Å². The van der Waals surface area contributed by atoms with Gasteiger partial charge in [0, 0.05) is 12.4 Å². The average molecular weight is 413 g/mol. The molecule has 29 heavy (non-hydrogen) atoms. The lowest BCUT2D eigenvalue weighted by molar-refractivity contribution is 0.0420. The van der Waals surface area contributed by atoms with Crippen LogP contribution < -0.4 is 4.74 Å². The summed E-state index contributed by atoms with van der Waals surface area (Å²) in [4.78, 5) is 3.93. The van der Waals surface area contributed by atoms with E-state index in [1.165, 1.54) is 12.1 Å². The molecule has 7 heteroatoms. The molecule has 0 saturated heterocycles. The zero-order valence-corrected chi connectivity index (χ0v) is 16.8. The van der Waals surface area contributed by atoms with Crippen LogP contribution in [0.3, 0.4) is 0 Å². The topological polar surface area (TPSA) is 96.7 Å². The van der Waals surface area contributed by atoms with Crippen LogP contribution in [-0.2, 0) is 16.5 Å². The summed E-state index contributed by atoms with van der Waals surface area (Å²) in [7, 11) is -4.20. The van der Waals surface area contributed by atoms with Crippen LogP contribution in [0.4, 0.5) is 0 Å². The first-order valence-electron chi connectivity index (χ1n) is 9.24. The SMILES string of the molecule is CC(Oc1ccc(-c2ccc(S(=O)(=O)O)cc2)cc1)C(O)CCc1cccnc1. The third kappa shape index (κ3) is 5.87. The van der Waals surface area contributed by atoms with Gasteiger partial charge in [-0.1, -0.05) is 30.3 Å². The first-order valence-corrected chi connectivity index (χ1v) is 10.7. The van der Waals surface area contributed by atoms with E-state index in [-0.39, 0.29) is 11.0 Å². The standard InChI is InChI=1S/C22H23NO5S/c1-16(22(24)13-4-17-3-2-14-23-15-17)28-20-9-5-18(6-10-20)19-7-11-21(12-8-19)29(25,26)27/h2-3,5-12,14-16,22,24H,4,13H2,1H3,(H,25,26,27). The Balaban J connectivity index is 1.58. The normalized spacial score (nSPS) is 13.6. The van der Waals surface area contributed by atoms with Gasteiger partial charge in [0.1, 0.15) is 11.9 Å². The predicted octanol–water partition coefficient (Wildman–Crippen LogP) is 3.76. The Morgan fingerprint density at radius 3 is 2.17 bits per heavy atom. The third-order valence-corrected chi connectivity index (χ3v) is 5.52. The van der Waals surface area contributed by atoms with Gasteiger partial charge in [-0.05, 0) is 66.8 Å². The number of aliphatic hydroxyl groups is 1. The minimum absolute atomic E-state index is 0.143. The molecule has 0 spiro atoms. The third-order valence-electron chi connectivity index (χ3n) is 4.66. The quantitative estimate of drug-likeness (QED) is 0.546. The zero-order valence-electron chi connectivity index (χ0n) is 16.0. The summed E-state index contributed by atoms with van der Waals surface area (Å²) in [6, 6.07) is 17.1. The van der Waals surface area contributed by atoms with Crippen molar-refractivity contribution in [1.82, 2.24) is 4.98 Å². The number of ether oxygens (including phenoxy) is 1. The number of hydrogen-bond donors (Lipinski definition) is 2. The Bertz CT molecular complexity index is 1020. The fourth-order valence-electron chi connectivity index (χ4n) is 2.93. The largest absolute Gasteiger partial charge is 0.488 e. The van der Waals surface area contributed by atoms with E-state index in [1.807, 2.05) is 31.2 Å². The highest BCUT2D eigenvalue weighted by Gasteiger charge is 2.16. The Kier molecular flexibility index (Phi) is 6.64. The van der Waals surface area contributed by atoms with E-state index < -0.39 is 16.2 Å². The summed E-state index contributed by atoms with van der Waals surface area (Å²) in [6.45, 7) is 1.83. The van der Waals surface area contributed by atoms with Gasteiger partial charge in [-0.3, -0.25) is 9.54 Å². The molecular formula is C22H23NO5S. The Morgan fingerprint density at radius 1 is 1.00 bits per heavy atom. The van der Waals surface area contributed by atoms with Gasteiger partial charge >= 0.3 is 0 Å². The van der Waals surface area contributed by atoms with E-state index in [9.17, 15) is 13.5 Å². The fraction of sp³-hybridized carbons (Fsp3) is 0.227. The van der Waals surface area contributed by atoms with Crippen LogP contribution in [0, 0.1) is 0 Å². The number of rotatable bonds is 8. The molecule has 1 heterocycles. The van der Waals surface area contributed by atoms with Crippen molar-refractivity contribution in [3.63, 3.8) is 0 Å². The number of benzene rings is 2. The number of pyridine rings is 1. The maximum atomic E-state index is 11.1. The smallest absolute Gasteiger partial charge is 0.294 e. The van der Waals surface area contributed by atoms with Crippen molar-refractivity contribution in [2.75, 3.05) is 0 Å². The lowest BCUT2D eigenvalue weighted by Crippen LogP contribution is -2.29. The Labute approximate surface area is 170 Å². The van der Waals surface area contributed by atoms with Crippen LogP contribution in [-0.4, -0.2) is 35.3 Å². The van der Waals surface area contributed by atoms with Crippen LogP contribution in [0.15, 0.2) is 78.0 Å². The molecule has 0 aliphatic heterocycles. The van der Waals surface area contributed by atoms with Gasteiger partial charge in [-0.15, -0.1) is 0 Å². The van der Waals surface area contributed by atoms with Crippen molar-refractivity contribution in [2.24, 2.45) is 0 Å². The van der Waals surface area contributed by atoms with Crippen LogP contribution in [0.1, 0.15) is 18.9 Å². The highest BCUT2D eigenvalue weighted by Crippen LogP contribution is 2.25. The van der Waals surface area contributed by atoms with Crippen molar-refractivity contribution < 1.29 is 22.8 Å². The average Bonchev–Trinajstić information content (AvgIpc) is 2.73. The number of nitrogens with zero attached hydrogens (tertiary/aromatic N) is 1. The molecule has 1 aromatic heterocycles. The first kappa shape index (κ1) is 21.0. The monoisotopic (exact) mass is 413 g/mol. The molecule has 0 fully saturated rings. The molecule has 2 atom stereocenters. The highest BCUT2D eigenvalue weighted by atomic mass is 32.2. The summed E-state index contributed by atoms with van der Waals surface area (Å²) in [5.41, 5.74) is 2.76. The number of aliphatic hydroxyl groups excluding tert-OH is 1. The van der Waals surface area contributed by atoms with Gasteiger partial charge in [-0.2, -0.15) is 8.42 Å². The fourth-order valence-corrected chi connectivity index (χ4v) is 3.41. The van der Waals surface area contributed by atoms with Crippen LogP contribution in [0.5, 0.6) is 5.75 Å². The molecule has 6 nitrogen and oxygen atoms in total. The lowest BCUT2D eigenvalue weighted by Gasteiger charge is -2.20. The summed E-state index contributed by atoms with van der Waals surface area (Å²) in [6.07, 6.45) is 3.83. The van der Waals surface area contributed by atoms with E-state index in [0.717, 1.165) is 23.1 Å². The predicted molar refractivity (Wildman–Crippen MR) is 110 cm³/mol. The molecule has 2 unspecified atom stereocenters. The van der Waals surface area contributed by atoms with Crippen LogP contribution in [0.2, 0.25) is 0 Å². The van der Waals surface area contributed by atoms with Crippen LogP contribution >= 0.6 is 0 Å². The second kappa shape index (κ2) is 9.17. The number of aromatic nitrogens is 1. The molecule has 2 N–H and O–H groups in total. The van der Waals surface area contributed by atoms with E-state index in [2.05, 4.69) is 4.98 Å². The maximum absolute atomic E-state index is 11.1. The van der Waals surface area contributed by atoms with E-state index in [1.54, 1.807) is 36.7 Å². The van der Waals surface area contributed by atoms with E-state index in [4.69, 9.17) is 9.29 Å². The van der Waals surface area contributed by atoms with E-state index in [0.29, 0.717) is 12.2 Å². The Morgan fingerprint density at radius 2 is 1.62 bits per heavy atom. The van der Waals surface area contributed by atoms with Gasteiger partial charge in [0.15, 0.2) is 0 Å². The minimum atomic E-state index is -4.20. The number of hydrogen-bond acceptors (Lipinski definition) is 5. The molecule has 3 rings (SSSR count). The van der Waals surface area contributed by atoms with Gasteiger partial charge in [0.2, 0.25) is 0 Å². The summed E-state index contributed by atoms with van der Waals surface area (Å²) >= 11 is 0. The van der Waals surface area contributed by atoms with E-state index >= 15 is 0 Å². The molecular weight excluding hydrogens is 390 g/mol. The second-order valence-corrected chi connectivity index (χ2v) is 8.24. The molecule has 0 bridgehead atoms. The summed E-state index contributed by atoms with van der Waals surface area (Å²) < 4.78 is 37.1. The van der Waals surface area contributed by atoms with Crippen LogP contribution in [0.25, 0.3) is 11.1 Å². The molecule has 0 amide bonds. The van der Waals surface area contributed by atoms with Gasteiger partial charge in [0.25, 0.3) is 10.1 Å². The van der Waals surface area contributed by atoms with Crippen molar-refractivity contribution in [2.45, 2.75) is 36.9 Å². The molecule has 0 aliphatic carbocycles. The highest BCUT2D eigenvalue weighted by molar-refractivity contribution is 7.85. The summed E-state index contributed by atoms with van der Waals surface area (Å²) in [5.74, 6) is 0.635. The van der Waals surface area contributed by atoms with Gasteiger partial charge in [-0.25, -0.2) is 0 Å². The molecule has 0 radical (unpaired) electrons. The maximum Gasteiger partial charge on any atom is 0.294 e. The van der Waals surface area contributed by atoms with Gasteiger partial charge < -0.3 is 9.84 Å².